The quantitative estimate of drug-likeness (QED) is 0.877. The summed E-state index contributed by atoms with van der Waals surface area (Å²) in [6.45, 7) is 9.06. The molecule has 1 fully saturated rings. The topological polar surface area (TPSA) is 26.0 Å². The SMILES string of the molecule is Cc1ccc(SC2CC(C(C)C)CCC2N)c(C)c1. The number of hydrogen-bond acceptors (Lipinski definition) is 2. The van der Waals surface area contributed by atoms with E-state index in [2.05, 4.69) is 45.9 Å². The molecule has 0 heterocycles. The van der Waals surface area contributed by atoms with Crippen LogP contribution in [0.15, 0.2) is 23.1 Å². The highest BCUT2D eigenvalue weighted by Gasteiger charge is 2.30. The fourth-order valence-electron chi connectivity index (χ4n) is 3.02. The molecule has 1 aliphatic carbocycles. The van der Waals surface area contributed by atoms with Gasteiger partial charge in [-0.05, 0) is 56.6 Å². The van der Waals surface area contributed by atoms with E-state index in [4.69, 9.17) is 5.73 Å². The van der Waals surface area contributed by atoms with Crippen LogP contribution in [0.25, 0.3) is 0 Å². The van der Waals surface area contributed by atoms with Gasteiger partial charge < -0.3 is 5.73 Å². The molecule has 1 aliphatic rings. The summed E-state index contributed by atoms with van der Waals surface area (Å²) in [6.07, 6.45) is 3.77. The lowest BCUT2D eigenvalue weighted by Crippen LogP contribution is -2.39. The third-order valence-corrected chi connectivity index (χ3v) is 5.99. The van der Waals surface area contributed by atoms with E-state index >= 15 is 0 Å². The molecular weight excluding hydrogens is 250 g/mol. The average molecular weight is 277 g/mol. The van der Waals surface area contributed by atoms with Gasteiger partial charge in [0.15, 0.2) is 0 Å². The van der Waals surface area contributed by atoms with E-state index in [0.29, 0.717) is 11.3 Å². The number of rotatable bonds is 3. The maximum absolute atomic E-state index is 6.35. The summed E-state index contributed by atoms with van der Waals surface area (Å²) >= 11 is 2.00. The summed E-state index contributed by atoms with van der Waals surface area (Å²) in [7, 11) is 0. The van der Waals surface area contributed by atoms with E-state index in [1.165, 1.54) is 35.3 Å². The minimum absolute atomic E-state index is 0.362. The van der Waals surface area contributed by atoms with Crippen LogP contribution >= 0.6 is 11.8 Å². The van der Waals surface area contributed by atoms with Crippen molar-refractivity contribution >= 4 is 11.8 Å². The highest BCUT2D eigenvalue weighted by atomic mass is 32.2. The van der Waals surface area contributed by atoms with E-state index in [1.807, 2.05) is 11.8 Å². The molecular formula is C17H27NS. The lowest BCUT2D eigenvalue weighted by atomic mass is 9.79. The second kappa shape index (κ2) is 6.32. The maximum atomic E-state index is 6.35. The zero-order valence-corrected chi connectivity index (χ0v) is 13.5. The molecule has 0 radical (unpaired) electrons. The van der Waals surface area contributed by atoms with Crippen molar-refractivity contribution in [3.63, 3.8) is 0 Å². The molecule has 1 aromatic carbocycles. The van der Waals surface area contributed by atoms with Crippen LogP contribution < -0.4 is 5.73 Å². The van der Waals surface area contributed by atoms with Gasteiger partial charge in [0.25, 0.3) is 0 Å². The van der Waals surface area contributed by atoms with Gasteiger partial charge in [-0.2, -0.15) is 0 Å². The van der Waals surface area contributed by atoms with Crippen LogP contribution in [0.2, 0.25) is 0 Å². The Morgan fingerprint density at radius 1 is 1.21 bits per heavy atom. The van der Waals surface area contributed by atoms with Gasteiger partial charge in [-0.3, -0.25) is 0 Å². The molecule has 3 unspecified atom stereocenters. The van der Waals surface area contributed by atoms with Crippen LogP contribution in [0.3, 0.4) is 0 Å². The van der Waals surface area contributed by atoms with Crippen molar-refractivity contribution < 1.29 is 0 Å². The number of aryl methyl sites for hydroxylation is 2. The monoisotopic (exact) mass is 277 g/mol. The summed E-state index contributed by atoms with van der Waals surface area (Å²) in [5.41, 5.74) is 9.08. The Hall–Kier alpha value is -0.470. The van der Waals surface area contributed by atoms with Gasteiger partial charge in [0.05, 0.1) is 0 Å². The highest BCUT2D eigenvalue weighted by Crippen LogP contribution is 2.39. The molecule has 2 N–H and O–H groups in total. The molecule has 0 bridgehead atoms. The lowest BCUT2D eigenvalue weighted by molar-refractivity contribution is 0.266. The fraction of sp³-hybridized carbons (Fsp3) is 0.647. The second-order valence-electron chi connectivity index (χ2n) is 6.41. The Balaban J connectivity index is 2.07. The largest absolute Gasteiger partial charge is 0.327 e. The smallest absolute Gasteiger partial charge is 0.0249 e. The first kappa shape index (κ1) is 14.9. The van der Waals surface area contributed by atoms with E-state index in [-0.39, 0.29) is 0 Å². The van der Waals surface area contributed by atoms with E-state index in [9.17, 15) is 0 Å². The molecule has 106 valence electrons. The summed E-state index contributed by atoms with van der Waals surface area (Å²) in [6, 6.07) is 7.11. The zero-order chi connectivity index (χ0) is 14.0. The average Bonchev–Trinajstić information content (AvgIpc) is 2.34. The summed E-state index contributed by atoms with van der Waals surface area (Å²) in [5.74, 6) is 1.64. The molecule has 0 aromatic heterocycles. The van der Waals surface area contributed by atoms with Gasteiger partial charge in [0.2, 0.25) is 0 Å². The zero-order valence-electron chi connectivity index (χ0n) is 12.6. The Kier molecular flexibility index (Phi) is 4.97. The normalized spacial score (nSPS) is 27.8. The van der Waals surface area contributed by atoms with Gasteiger partial charge in [-0.1, -0.05) is 31.5 Å². The van der Waals surface area contributed by atoms with Crippen molar-refractivity contribution in [2.75, 3.05) is 0 Å². The predicted molar refractivity (Wildman–Crippen MR) is 85.7 cm³/mol. The predicted octanol–water partition coefficient (Wildman–Crippen LogP) is 4.55. The van der Waals surface area contributed by atoms with Crippen LogP contribution in [-0.4, -0.2) is 11.3 Å². The van der Waals surface area contributed by atoms with Gasteiger partial charge >= 0.3 is 0 Å². The molecule has 1 nitrogen and oxygen atoms in total. The summed E-state index contributed by atoms with van der Waals surface area (Å²) in [5, 5.41) is 0.586. The van der Waals surface area contributed by atoms with Crippen molar-refractivity contribution in [3.8, 4) is 0 Å². The van der Waals surface area contributed by atoms with Crippen LogP contribution in [0.5, 0.6) is 0 Å². The molecule has 2 rings (SSSR count). The van der Waals surface area contributed by atoms with E-state index in [0.717, 1.165) is 11.8 Å². The van der Waals surface area contributed by atoms with Crippen molar-refractivity contribution in [3.05, 3.63) is 29.3 Å². The maximum Gasteiger partial charge on any atom is 0.0249 e. The first-order valence-electron chi connectivity index (χ1n) is 7.47. The Morgan fingerprint density at radius 3 is 2.58 bits per heavy atom. The molecule has 1 saturated carbocycles. The van der Waals surface area contributed by atoms with E-state index in [1.54, 1.807) is 0 Å². The minimum Gasteiger partial charge on any atom is -0.327 e. The van der Waals surface area contributed by atoms with Crippen molar-refractivity contribution in [1.29, 1.82) is 0 Å². The van der Waals surface area contributed by atoms with Gasteiger partial charge in [0, 0.05) is 16.2 Å². The molecule has 0 saturated heterocycles. The van der Waals surface area contributed by atoms with Crippen LogP contribution in [-0.2, 0) is 0 Å². The minimum atomic E-state index is 0.362. The molecule has 0 spiro atoms. The number of hydrogen-bond donors (Lipinski definition) is 1. The Bertz CT molecular complexity index is 427. The molecule has 0 amide bonds. The third-order valence-electron chi connectivity index (χ3n) is 4.43. The van der Waals surface area contributed by atoms with Crippen LogP contribution in [0.4, 0.5) is 0 Å². The Morgan fingerprint density at radius 2 is 1.95 bits per heavy atom. The summed E-state index contributed by atoms with van der Waals surface area (Å²) < 4.78 is 0. The molecule has 2 heteroatoms. The second-order valence-corrected chi connectivity index (χ2v) is 7.69. The molecule has 0 aliphatic heterocycles. The lowest BCUT2D eigenvalue weighted by Gasteiger charge is -2.35. The number of benzene rings is 1. The van der Waals surface area contributed by atoms with Crippen LogP contribution in [0.1, 0.15) is 44.2 Å². The molecule has 19 heavy (non-hydrogen) atoms. The summed E-state index contributed by atoms with van der Waals surface area (Å²) in [4.78, 5) is 1.41. The van der Waals surface area contributed by atoms with Gasteiger partial charge in [-0.15, -0.1) is 11.8 Å². The van der Waals surface area contributed by atoms with Crippen molar-refractivity contribution in [1.82, 2.24) is 0 Å². The molecule has 3 atom stereocenters. The fourth-order valence-corrected chi connectivity index (χ4v) is 4.39. The third kappa shape index (κ3) is 3.76. The first-order valence-corrected chi connectivity index (χ1v) is 8.35. The number of thioether (sulfide) groups is 1. The van der Waals surface area contributed by atoms with Gasteiger partial charge in [0.1, 0.15) is 0 Å². The van der Waals surface area contributed by atoms with Gasteiger partial charge in [-0.25, -0.2) is 0 Å². The highest BCUT2D eigenvalue weighted by molar-refractivity contribution is 8.00. The van der Waals surface area contributed by atoms with Crippen LogP contribution in [0, 0.1) is 25.7 Å². The van der Waals surface area contributed by atoms with Crippen molar-refractivity contribution in [2.24, 2.45) is 17.6 Å². The molecule has 1 aromatic rings. The Labute approximate surface area is 122 Å². The first-order chi connectivity index (χ1) is 8.97. The van der Waals surface area contributed by atoms with E-state index < -0.39 is 0 Å². The number of nitrogens with two attached hydrogens (primary N) is 1. The van der Waals surface area contributed by atoms with Crippen molar-refractivity contribution in [2.45, 2.75) is 63.1 Å². The standard InChI is InChI=1S/C17H27NS/c1-11(2)14-6-7-15(18)17(10-14)19-16-8-5-12(3)9-13(16)4/h5,8-9,11,14-15,17H,6-7,10,18H2,1-4H3.